The summed E-state index contributed by atoms with van der Waals surface area (Å²) in [5, 5.41) is 6.16. The van der Waals surface area contributed by atoms with Gasteiger partial charge < -0.3 is 4.52 Å². The van der Waals surface area contributed by atoms with Gasteiger partial charge in [0.1, 0.15) is 11.5 Å². The molecule has 3 heterocycles. The lowest BCUT2D eigenvalue weighted by Crippen LogP contribution is -2.04. The summed E-state index contributed by atoms with van der Waals surface area (Å²) in [6, 6.07) is 15.9. The van der Waals surface area contributed by atoms with Gasteiger partial charge in [-0.15, -0.1) is 11.3 Å². The largest absolute Gasteiger partial charge is 0.360 e. The smallest absolute Gasteiger partial charge is 0.178 e. The van der Waals surface area contributed by atoms with Gasteiger partial charge in [-0.25, -0.2) is 0 Å². The van der Waals surface area contributed by atoms with Crippen LogP contribution in [0.4, 0.5) is 0 Å². The summed E-state index contributed by atoms with van der Waals surface area (Å²) in [7, 11) is 0. The van der Waals surface area contributed by atoms with Crippen LogP contribution in [-0.4, -0.2) is 17.2 Å². The minimum atomic E-state index is 0.0968. The molecule has 1 aromatic carbocycles. The molecule has 0 unspecified atom stereocenters. The zero-order valence-corrected chi connectivity index (χ0v) is 15.0. The van der Waals surface area contributed by atoms with Crippen molar-refractivity contribution in [2.24, 2.45) is 4.99 Å². The first-order chi connectivity index (χ1) is 12.8. The molecule has 0 atom stereocenters. The Bertz CT molecular complexity index is 953. The molecule has 0 amide bonds. The highest BCUT2D eigenvalue weighted by molar-refractivity contribution is 7.12. The van der Waals surface area contributed by atoms with Crippen molar-refractivity contribution in [3.05, 3.63) is 81.5 Å². The second kappa shape index (κ2) is 7.62. The zero-order chi connectivity index (χ0) is 17.8. The first kappa shape index (κ1) is 16.7. The molecule has 1 aliphatic rings. The molecule has 0 aliphatic carbocycles. The number of hydrogen-bond donors (Lipinski definition) is 0. The quantitative estimate of drug-likeness (QED) is 0.568. The molecule has 4 nitrogen and oxygen atoms in total. The van der Waals surface area contributed by atoms with Crippen LogP contribution in [0.2, 0.25) is 0 Å². The van der Waals surface area contributed by atoms with E-state index < -0.39 is 0 Å². The van der Waals surface area contributed by atoms with E-state index in [1.807, 2.05) is 48.0 Å². The van der Waals surface area contributed by atoms with Crippen LogP contribution in [-0.2, 0) is 6.42 Å². The first-order valence-corrected chi connectivity index (χ1v) is 9.49. The van der Waals surface area contributed by atoms with Crippen molar-refractivity contribution in [3.8, 4) is 0 Å². The predicted molar refractivity (Wildman–Crippen MR) is 104 cm³/mol. The molecular weight excluding hydrogens is 344 g/mol. The van der Waals surface area contributed by atoms with Gasteiger partial charge in [0.15, 0.2) is 5.78 Å². The standard InChI is InChI=1S/C21H18N2O2S/c24-20(21-9-5-11-26-21)14-18-17(8-4-10-22-18)19-13-16(25-23-19)12-15-6-2-1-3-7-15/h1-3,5-7,9-11,13H,4,8,12,14H2. The number of thiophene rings is 1. The summed E-state index contributed by atoms with van der Waals surface area (Å²) in [5.74, 6) is 0.914. The highest BCUT2D eigenvalue weighted by Crippen LogP contribution is 2.30. The topological polar surface area (TPSA) is 55.5 Å². The van der Waals surface area contributed by atoms with Crippen molar-refractivity contribution in [2.45, 2.75) is 25.7 Å². The molecule has 0 saturated heterocycles. The van der Waals surface area contributed by atoms with Crippen molar-refractivity contribution in [1.29, 1.82) is 0 Å². The molecule has 0 fully saturated rings. The van der Waals surface area contributed by atoms with Gasteiger partial charge >= 0.3 is 0 Å². The number of aliphatic imine (C=N–C) groups is 1. The molecule has 3 aromatic rings. The van der Waals surface area contributed by atoms with Gasteiger partial charge in [-0.3, -0.25) is 9.79 Å². The molecule has 2 aromatic heterocycles. The van der Waals surface area contributed by atoms with Crippen LogP contribution in [0, 0.1) is 0 Å². The summed E-state index contributed by atoms with van der Waals surface area (Å²) in [6.45, 7) is 0. The number of ketones is 1. The van der Waals surface area contributed by atoms with E-state index in [-0.39, 0.29) is 5.78 Å². The molecule has 0 spiro atoms. The molecule has 0 N–H and O–H groups in total. The van der Waals surface area contributed by atoms with E-state index in [1.165, 1.54) is 16.9 Å². The molecule has 130 valence electrons. The van der Waals surface area contributed by atoms with E-state index >= 15 is 0 Å². The van der Waals surface area contributed by atoms with Crippen LogP contribution in [0.5, 0.6) is 0 Å². The average Bonchev–Trinajstić information content (AvgIpc) is 3.35. The Kier molecular flexibility index (Phi) is 4.88. The van der Waals surface area contributed by atoms with Gasteiger partial charge in [0.05, 0.1) is 17.0 Å². The van der Waals surface area contributed by atoms with Gasteiger partial charge in [0.25, 0.3) is 0 Å². The molecule has 26 heavy (non-hydrogen) atoms. The number of carbonyl (C=O) groups is 1. The van der Waals surface area contributed by atoms with Crippen LogP contribution < -0.4 is 0 Å². The third kappa shape index (κ3) is 3.73. The summed E-state index contributed by atoms with van der Waals surface area (Å²) < 4.78 is 5.53. The molecule has 1 aliphatic heterocycles. The third-order valence-electron chi connectivity index (χ3n) is 4.33. The Labute approximate surface area is 155 Å². The lowest BCUT2D eigenvalue weighted by atomic mass is 9.98. The van der Waals surface area contributed by atoms with Crippen LogP contribution in [0.15, 0.2) is 69.1 Å². The van der Waals surface area contributed by atoms with Crippen molar-refractivity contribution in [2.75, 3.05) is 0 Å². The van der Waals surface area contributed by atoms with Crippen molar-refractivity contribution < 1.29 is 9.32 Å². The number of carbonyl (C=O) groups excluding carboxylic acids is 1. The van der Waals surface area contributed by atoms with E-state index in [0.29, 0.717) is 12.8 Å². The van der Waals surface area contributed by atoms with E-state index in [9.17, 15) is 4.79 Å². The summed E-state index contributed by atoms with van der Waals surface area (Å²) in [6.07, 6.45) is 4.56. The number of aromatic nitrogens is 1. The van der Waals surface area contributed by atoms with E-state index in [2.05, 4.69) is 22.3 Å². The fourth-order valence-electron chi connectivity index (χ4n) is 3.05. The van der Waals surface area contributed by atoms with Crippen LogP contribution in [0.25, 0.3) is 5.57 Å². The fraction of sp³-hybridized carbons (Fsp3) is 0.190. The molecule has 0 saturated carbocycles. The van der Waals surface area contributed by atoms with Crippen LogP contribution in [0.1, 0.15) is 46.0 Å². The third-order valence-corrected chi connectivity index (χ3v) is 5.24. The maximum Gasteiger partial charge on any atom is 0.178 e. The molecule has 4 rings (SSSR count). The Morgan fingerprint density at radius 2 is 2.04 bits per heavy atom. The number of Topliss-reactive ketones (excluding diaryl/α,β-unsaturated/α-hetero) is 1. The van der Waals surface area contributed by atoms with Crippen molar-refractivity contribution in [1.82, 2.24) is 5.16 Å². The molecule has 0 radical (unpaired) electrons. The van der Waals surface area contributed by atoms with Gasteiger partial charge in [0.2, 0.25) is 0 Å². The van der Waals surface area contributed by atoms with E-state index in [1.54, 1.807) is 0 Å². The number of rotatable bonds is 6. The number of nitrogens with zero attached hydrogens (tertiary/aromatic N) is 2. The minimum absolute atomic E-state index is 0.0968. The van der Waals surface area contributed by atoms with E-state index in [0.717, 1.165) is 40.4 Å². The van der Waals surface area contributed by atoms with Gasteiger partial charge in [-0.2, -0.15) is 0 Å². The predicted octanol–water partition coefficient (Wildman–Crippen LogP) is 5.18. The minimum Gasteiger partial charge on any atom is -0.360 e. The SMILES string of the molecule is O=C(CC1=C(c2cc(Cc3ccccc3)on2)CCC=N1)c1cccs1. The Hall–Kier alpha value is -2.79. The van der Waals surface area contributed by atoms with Gasteiger partial charge in [-0.1, -0.05) is 41.6 Å². The Morgan fingerprint density at radius 3 is 2.85 bits per heavy atom. The Morgan fingerprint density at radius 1 is 1.15 bits per heavy atom. The first-order valence-electron chi connectivity index (χ1n) is 8.61. The summed E-state index contributed by atoms with van der Waals surface area (Å²) >= 11 is 1.46. The molecular formula is C21H18N2O2S. The number of benzene rings is 1. The van der Waals surface area contributed by atoms with Crippen molar-refractivity contribution >= 4 is 28.9 Å². The fourth-order valence-corrected chi connectivity index (χ4v) is 3.71. The average molecular weight is 362 g/mol. The number of allylic oxidation sites excluding steroid dienone is 2. The van der Waals surface area contributed by atoms with Crippen LogP contribution >= 0.6 is 11.3 Å². The highest BCUT2D eigenvalue weighted by Gasteiger charge is 2.19. The second-order valence-electron chi connectivity index (χ2n) is 6.19. The van der Waals surface area contributed by atoms with Crippen LogP contribution in [0.3, 0.4) is 0 Å². The highest BCUT2D eigenvalue weighted by atomic mass is 32.1. The monoisotopic (exact) mass is 362 g/mol. The normalized spacial score (nSPS) is 14.0. The van der Waals surface area contributed by atoms with Gasteiger partial charge in [-0.05, 0) is 29.9 Å². The summed E-state index contributed by atoms with van der Waals surface area (Å²) in [4.78, 5) is 17.7. The summed E-state index contributed by atoms with van der Waals surface area (Å²) in [5.41, 5.74) is 3.79. The number of hydrogen-bond acceptors (Lipinski definition) is 5. The molecule has 5 heteroatoms. The lowest BCUT2D eigenvalue weighted by molar-refractivity contribution is 0.0996. The van der Waals surface area contributed by atoms with E-state index in [4.69, 9.17) is 4.52 Å². The maximum absolute atomic E-state index is 12.5. The van der Waals surface area contributed by atoms with Crippen molar-refractivity contribution in [3.63, 3.8) is 0 Å². The molecule has 0 bridgehead atoms. The maximum atomic E-state index is 12.5. The zero-order valence-electron chi connectivity index (χ0n) is 14.2. The Balaban J connectivity index is 1.57. The lowest BCUT2D eigenvalue weighted by Gasteiger charge is -2.12. The second-order valence-corrected chi connectivity index (χ2v) is 7.14. The van der Waals surface area contributed by atoms with Gasteiger partial charge in [0, 0.05) is 24.3 Å².